The van der Waals surface area contributed by atoms with Gasteiger partial charge in [-0.05, 0) is 51.2 Å². The molecule has 0 amide bonds. The molecular weight excluding hydrogens is 735 g/mol. The Morgan fingerprint density at radius 3 is 1.02 bits per heavy atom. The minimum absolute atomic E-state index is 0.557. The van der Waals surface area contributed by atoms with Crippen LogP contribution in [-0.2, 0) is 0 Å². The van der Waals surface area contributed by atoms with Crippen LogP contribution in [0, 0.1) is 11.3 Å². The number of hydrogen-bond acceptors (Lipinski definition) is 7. The number of nitriles is 1. The van der Waals surface area contributed by atoms with Crippen molar-refractivity contribution in [3.8, 4) is 96.7 Å². The fraction of sp³-hybridized carbons (Fsp3) is 0. The molecule has 0 N–H and O–H groups in total. The molecule has 0 unspecified atom stereocenters. The van der Waals surface area contributed by atoms with Gasteiger partial charge in [-0.2, -0.15) is 5.26 Å². The van der Waals surface area contributed by atoms with Crippen molar-refractivity contribution < 1.29 is 0 Å². The van der Waals surface area contributed by atoms with Crippen molar-refractivity contribution in [2.24, 2.45) is 0 Å². The fourth-order valence-electron chi connectivity index (χ4n) is 7.46. The summed E-state index contributed by atoms with van der Waals surface area (Å²) in [5.41, 5.74) is 9.85. The molecule has 2 heterocycles. The Labute approximate surface area is 347 Å². The molecule has 0 aliphatic heterocycles. The molecule has 7 nitrogen and oxygen atoms in total. The molecule has 0 radical (unpaired) electrons. The predicted octanol–water partition coefficient (Wildman–Crippen LogP) is 12.4. The Kier molecular flexibility index (Phi) is 9.47. The third-order valence-corrected chi connectivity index (χ3v) is 10.4. The number of rotatable bonds is 8. The molecule has 2 aromatic heterocycles. The van der Waals surface area contributed by atoms with Gasteiger partial charge in [0, 0.05) is 33.4 Å². The fourth-order valence-corrected chi connectivity index (χ4v) is 7.46. The normalized spacial score (nSPS) is 11.0. The van der Waals surface area contributed by atoms with Crippen LogP contribution in [0.5, 0.6) is 0 Å². The van der Waals surface area contributed by atoms with Crippen molar-refractivity contribution in [1.82, 2.24) is 29.9 Å². The lowest BCUT2D eigenvalue weighted by molar-refractivity contribution is 1.07. The van der Waals surface area contributed by atoms with Crippen LogP contribution in [0.25, 0.3) is 101 Å². The van der Waals surface area contributed by atoms with Crippen molar-refractivity contribution in [3.05, 3.63) is 206 Å². The molecule has 0 spiro atoms. The molecule has 0 saturated heterocycles. The van der Waals surface area contributed by atoms with Crippen LogP contribution in [0.4, 0.5) is 0 Å². The minimum atomic E-state index is 0.557. The molecule has 10 aromatic rings. The quantitative estimate of drug-likeness (QED) is 0.152. The Morgan fingerprint density at radius 2 is 0.600 bits per heavy atom. The van der Waals surface area contributed by atoms with Crippen LogP contribution in [0.2, 0.25) is 0 Å². The molecule has 8 aromatic carbocycles. The zero-order valence-electron chi connectivity index (χ0n) is 32.2. The predicted molar refractivity (Wildman–Crippen MR) is 239 cm³/mol. The summed E-state index contributed by atoms with van der Waals surface area (Å²) >= 11 is 0. The van der Waals surface area contributed by atoms with Gasteiger partial charge in [0.1, 0.15) is 0 Å². The summed E-state index contributed by atoms with van der Waals surface area (Å²) in [4.78, 5) is 30.3. The van der Waals surface area contributed by atoms with Crippen molar-refractivity contribution in [2.75, 3.05) is 0 Å². The van der Waals surface area contributed by atoms with Gasteiger partial charge in [0.15, 0.2) is 34.9 Å². The van der Waals surface area contributed by atoms with Gasteiger partial charge in [0.05, 0.1) is 11.6 Å². The van der Waals surface area contributed by atoms with E-state index >= 15 is 0 Å². The SMILES string of the molecule is N#Cc1ccc(-c2cc(-c3ccc(-c4nc(-c5ccccc5)nc(-c5ccccc5)n4)cc3)c(-c3nc(-c4ccccc4)nc(-c4ccccc4)n3)c3ccccc23)cc1. The largest absolute Gasteiger partial charge is 0.208 e. The van der Waals surface area contributed by atoms with Crippen molar-refractivity contribution in [1.29, 1.82) is 5.26 Å². The molecule has 60 heavy (non-hydrogen) atoms. The first-order chi connectivity index (χ1) is 29.7. The highest BCUT2D eigenvalue weighted by molar-refractivity contribution is 6.10. The standard InChI is InChI=1S/C53H33N7/c54-34-35-25-27-36(28-26-35)45-33-46(37-29-31-42(32-30-37)52-56-48(38-15-5-1-6-16-38)55-49(57-52)39-17-7-2-8-18-39)47(44-24-14-13-23-43(44)45)53-59-50(40-19-9-3-10-20-40)58-51(60-53)41-21-11-4-12-22-41/h1-33H. The van der Waals surface area contributed by atoms with Crippen molar-refractivity contribution in [2.45, 2.75) is 0 Å². The maximum atomic E-state index is 9.61. The third-order valence-electron chi connectivity index (χ3n) is 10.4. The average molecular weight is 768 g/mol. The maximum Gasteiger partial charge on any atom is 0.165 e. The molecule has 280 valence electrons. The zero-order valence-corrected chi connectivity index (χ0v) is 32.2. The zero-order chi connectivity index (χ0) is 40.3. The van der Waals surface area contributed by atoms with Gasteiger partial charge in [-0.25, -0.2) is 29.9 Å². The monoisotopic (exact) mass is 767 g/mol. The Bertz CT molecular complexity index is 3050. The summed E-state index contributed by atoms with van der Waals surface area (Å²) < 4.78 is 0. The van der Waals surface area contributed by atoms with Gasteiger partial charge in [-0.15, -0.1) is 0 Å². The molecule has 0 saturated carbocycles. The van der Waals surface area contributed by atoms with E-state index < -0.39 is 0 Å². The number of fused-ring (bicyclic) bond motifs is 1. The first kappa shape index (κ1) is 35.9. The van der Waals surface area contributed by atoms with Gasteiger partial charge in [0.25, 0.3) is 0 Å². The van der Waals surface area contributed by atoms with E-state index in [4.69, 9.17) is 29.9 Å². The van der Waals surface area contributed by atoms with Crippen LogP contribution >= 0.6 is 0 Å². The van der Waals surface area contributed by atoms with E-state index in [-0.39, 0.29) is 0 Å². The second kappa shape index (κ2) is 15.8. The third kappa shape index (κ3) is 7.06. The van der Waals surface area contributed by atoms with E-state index in [2.05, 4.69) is 48.5 Å². The topological polar surface area (TPSA) is 101 Å². The van der Waals surface area contributed by atoms with Crippen LogP contribution in [0.1, 0.15) is 5.56 Å². The molecule has 0 aliphatic rings. The summed E-state index contributed by atoms with van der Waals surface area (Å²) in [6.45, 7) is 0. The first-order valence-electron chi connectivity index (χ1n) is 19.6. The maximum absolute atomic E-state index is 9.61. The van der Waals surface area contributed by atoms with Gasteiger partial charge in [0.2, 0.25) is 0 Å². The van der Waals surface area contributed by atoms with Crippen LogP contribution < -0.4 is 0 Å². The molecule has 0 atom stereocenters. The molecule has 0 bridgehead atoms. The van der Waals surface area contributed by atoms with Crippen LogP contribution in [-0.4, -0.2) is 29.9 Å². The molecule has 10 rings (SSSR count). The molecule has 0 fully saturated rings. The van der Waals surface area contributed by atoms with E-state index in [1.54, 1.807) is 0 Å². The molecule has 0 aliphatic carbocycles. The number of aromatic nitrogens is 6. The lowest BCUT2D eigenvalue weighted by Crippen LogP contribution is -2.02. The summed E-state index contributed by atoms with van der Waals surface area (Å²) in [5.74, 6) is 3.50. The second-order valence-corrected chi connectivity index (χ2v) is 14.2. The van der Waals surface area contributed by atoms with Gasteiger partial charge < -0.3 is 0 Å². The number of benzene rings is 8. The Hall–Kier alpha value is -8.47. The summed E-state index contributed by atoms with van der Waals surface area (Å²) in [7, 11) is 0. The van der Waals surface area contributed by atoms with Crippen molar-refractivity contribution in [3.63, 3.8) is 0 Å². The first-order valence-corrected chi connectivity index (χ1v) is 19.6. The van der Waals surface area contributed by atoms with Gasteiger partial charge in [-0.3, -0.25) is 0 Å². The Balaban J connectivity index is 1.19. The highest BCUT2D eigenvalue weighted by Gasteiger charge is 2.22. The minimum Gasteiger partial charge on any atom is -0.208 e. The van der Waals surface area contributed by atoms with E-state index in [1.807, 2.05) is 158 Å². The summed E-state index contributed by atoms with van der Waals surface area (Å²) in [5, 5.41) is 11.6. The lowest BCUT2D eigenvalue weighted by Gasteiger charge is -2.18. The molecular formula is C53H33N7. The smallest absolute Gasteiger partial charge is 0.165 e. The van der Waals surface area contributed by atoms with Gasteiger partial charge >= 0.3 is 0 Å². The highest BCUT2D eigenvalue weighted by atomic mass is 15.0. The van der Waals surface area contributed by atoms with E-state index in [9.17, 15) is 5.26 Å². The molecule has 7 heteroatoms. The summed E-state index contributed by atoms with van der Waals surface area (Å²) in [6.07, 6.45) is 0. The van der Waals surface area contributed by atoms with Crippen LogP contribution in [0.15, 0.2) is 200 Å². The van der Waals surface area contributed by atoms with E-state index in [0.717, 1.165) is 66.4 Å². The van der Waals surface area contributed by atoms with Gasteiger partial charge in [-0.1, -0.05) is 182 Å². The lowest BCUT2D eigenvalue weighted by atomic mass is 9.87. The Morgan fingerprint density at radius 1 is 0.283 bits per heavy atom. The number of hydrogen-bond donors (Lipinski definition) is 0. The van der Waals surface area contributed by atoms with E-state index in [1.165, 1.54) is 0 Å². The second-order valence-electron chi connectivity index (χ2n) is 14.2. The van der Waals surface area contributed by atoms with Crippen molar-refractivity contribution >= 4 is 10.8 Å². The number of nitrogens with zero attached hydrogens (tertiary/aromatic N) is 7. The highest BCUT2D eigenvalue weighted by Crippen LogP contribution is 2.43. The average Bonchev–Trinajstić information content (AvgIpc) is 3.34. The van der Waals surface area contributed by atoms with E-state index in [0.29, 0.717) is 40.5 Å². The van der Waals surface area contributed by atoms with Crippen LogP contribution in [0.3, 0.4) is 0 Å². The summed E-state index contributed by atoms with van der Waals surface area (Å²) in [6, 6.07) is 68.9.